The Kier molecular flexibility index (Phi) is 8.28. The minimum absolute atomic E-state index is 0.138. The second-order valence-electron chi connectivity index (χ2n) is 10.8. The minimum atomic E-state index is -2.72. The molecule has 4 rings (SSSR count). The SMILES string of the molecule is C=CCc1c(OCC(=C)CO[Si](c2ccccc2)(c2ccccc2)C(C)(C)C)cc2oc(C)cc(=O)c2c1O. The first kappa shape index (κ1) is 28.1. The van der Waals surface area contributed by atoms with E-state index >= 15 is 0 Å². The normalized spacial score (nSPS) is 11.9. The zero-order valence-corrected chi connectivity index (χ0v) is 24.1. The predicted molar refractivity (Wildman–Crippen MR) is 161 cm³/mol. The average Bonchev–Trinajstić information content (AvgIpc) is 2.89. The van der Waals surface area contributed by atoms with Crippen LogP contribution in [0.3, 0.4) is 0 Å². The lowest BCUT2D eigenvalue weighted by atomic mass is 10.0. The van der Waals surface area contributed by atoms with Crippen LogP contribution in [0.25, 0.3) is 11.0 Å². The number of phenols is 1. The molecule has 0 aliphatic heterocycles. The van der Waals surface area contributed by atoms with Crippen LogP contribution in [0.4, 0.5) is 0 Å². The van der Waals surface area contributed by atoms with Crippen LogP contribution < -0.4 is 20.5 Å². The summed E-state index contributed by atoms with van der Waals surface area (Å²) >= 11 is 0. The Bertz CT molecular complexity index is 1490. The maximum Gasteiger partial charge on any atom is 0.261 e. The summed E-state index contributed by atoms with van der Waals surface area (Å²) in [7, 11) is -2.72. The summed E-state index contributed by atoms with van der Waals surface area (Å²) in [5.41, 5.74) is 1.20. The van der Waals surface area contributed by atoms with Crippen molar-refractivity contribution in [2.75, 3.05) is 13.2 Å². The zero-order chi connectivity index (χ0) is 28.2. The smallest absolute Gasteiger partial charge is 0.261 e. The van der Waals surface area contributed by atoms with E-state index in [-0.39, 0.29) is 33.8 Å². The van der Waals surface area contributed by atoms with E-state index in [1.54, 1.807) is 19.1 Å². The van der Waals surface area contributed by atoms with Gasteiger partial charge in [0.05, 0.1) is 6.61 Å². The van der Waals surface area contributed by atoms with Crippen LogP contribution in [0.15, 0.2) is 107 Å². The van der Waals surface area contributed by atoms with E-state index in [1.807, 2.05) is 12.1 Å². The number of benzene rings is 3. The van der Waals surface area contributed by atoms with Gasteiger partial charge < -0.3 is 18.7 Å². The Labute approximate surface area is 231 Å². The molecule has 0 unspecified atom stereocenters. The summed E-state index contributed by atoms with van der Waals surface area (Å²) in [6, 6.07) is 23.9. The van der Waals surface area contributed by atoms with Gasteiger partial charge in [0.15, 0.2) is 5.43 Å². The van der Waals surface area contributed by atoms with Crippen LogP contribution in [0, 0.1) is 6.92 Å². The highest BCUT2D eigenvalue weighted by atomic mass is 28.4. The van der Waals surface area contributed by atoms with Gasteiger partial charge >= 0.3 is 0 Å². The van der Waals surface area contributed by atoms with Crippen LogP contribution in [0.1, 0.15) is 32.1 Å². The number of hydrogen-bond donors (Lipinski definition) is 1. The topological polar surface area (TPSA) is 68.9 Å². The minimum Gasteiger partial charge on any atom is -0.507 e. The molecule has 202 valence electrons. The standard InChI is InChI=1S/C33H36O5Si/c1-7-14-27-29(20-30-31(32(27)35)28(34)19-24(3)38-30)36-21-23(2)22-37-39(33(4,5)6,25-15-10-8-11-16-25)26-17-12-9-13-18-26/h7-13,15-20,35H,1-2,14,21-22H2,3-6H3. The second kappa shape index (κ2) is 11.5. The fourth-order valence-electron chi connectivity index (χ4n) is 5.10. The lowest BCUT2D eigenvalue weighted by molar-refractivity contribution is 0.289. The number of ether oxygens (including phenoxy) is 1. The largest absolute Gasteiger partial charge is 0.507 e. The Morgan fingerprint density at radius 2 is 1.59 bits per heavy atom. The maximum atomic E-state index is 12.5. The van der Waals surface area contributed by atoms with Gasteiger partial charge in [0.25, 0.3) is 8.32 Å². The molecule has 0 aliphatic carbocycles. The van der Waals surface area contributed by atoms with Crippen molar-refractivity contribution in [3.63, 3.8) is 0 Å². The summed E-state index contributed by atoms with van der Waals surface area (Å²) in [6.45, 7) is 16.9. The molecule has 0 radical (unpaired) electrons. The van der Waals surface area contributed by atoms with Crippen LogP contribution in [0.5, 0.6) is 11.5 Å². The Hall–Kier alpha value is -3.87. The summed E-state index contributed by atoms with van der Waals surface area (Å²) in [6.07, 6.45) is 1.99. The molecule has 1 heterocycles. The van der Waals surface area contributed by atoms with E-state index in [0.29, 0.717) is 30.1 Å². The quantitative estimate of drug-likeness (QED) is 0.196. The number of aryl methyl sites for hydroxylation is 1. The van der Waals surface area contributed by atoms with Crippen LogP contribution in [0.2, 0.25) is 5.04 Å². The van der Waals surface area contributed by atoms with Gasteiger partial charge in [-0.25, -0.2) is 0 Å². The van der Waals surface area contributed by atoms with Crippen molar-refractivity contribution >= 4 is 29.7 Å². The fourth-order valence-corrected chi connectivity index (χ4v) is 9.68. The zero-order valence-electron chi connectivity index (χ0n) is 23.1. The van der Waals surface area contributed by atoms with Crippen molar-refractivity contribution in [2.24, 2.45) is 0 Å². The monoisotopic (exact) mass is 540 g/mol. The van der Waals surface area contributed by atoms with Crippen molar-refractivity contribution in [3.05, 3.63) is 119 Å². The van der Waals surface area contributed by atoms with Crippen LogP contribution in [-0.4, -0.2) is 26.6 Å². The van der Waals surface area contributed by atoms with E-state index in [0.717, 1.165) is 5.57 Å². The van der Waals surface area contributed by atoms with Crippen molar-refractivity contribution in [1.82, 2.24) is 0 Å². The molecular weight excluding hydrogens is 504 g/mol. The van der Waals surface area contributed by atoms with Gasteiger partial charge in [-0.05, 0) is 34.3 Å². The molecule has 4 aromatic rings. The number of allylic oxidation sites excluding steroid dienone is 1. The number of fused-ring (bicyclic) bond motifs is 1. The van der Waals surface area contributed by atoms with Crippen molar-refractivity contribution in [1.29, 1.82) is 0 Å². The summed E-state index contributed by atoms with van der Waals surface area (Å²) in [5, 5.41) is 13.3. The average molecular weight is 541 g/mol. The highest BCUT2D eigenvalue weighted by molar-refractivity contribution is 6.99. The number of hydrogen-bond acceptors (Lipinski definition) is 5. The molecule has 0 fully saturated rings. The molecular formula is C33H36O5Si. The summed E-state index contributed by atoms with van der Waals surface area (Å²) in [5.74, 6) is 0.725. The van der Waals surface area contributed by atoms with Gasteiger partial charge in [0, 0.05) is 17.7 Å². The van der Waals surface area contributed by atoms with E-state index < -0.39 is 8.32 Å². The molecule has 0 aliphatic rings. The molecule has 6 heteroatoms. The number of aromatic hydroxyl groups is 1. The molecule has 3 aromatic carbocycles. The molecule has 39 heavy (non-hydrogen) atoms. The Morgan fingerprint density at radius 3 is 2.13 bits per heavy atom. The van der Waals surface area contributed by atoms with Gasteiger partial charge in [0.2, 0.25) is 0 Å². The molecule has 1 aromatic heterocycles. The van der Waals surface area contributed by atoms with Gasteiger partial charge in [0.1, 0.15) is 34.8 Å². The van der Waals surface area contributed by atoms with E-state index in [2.05, 4.69) is 82.5 Å². The molecule has 0 bridgehead atoms. The summed E-state index contributed by atoms with van der Waals surface area (Å²) < 4.78 is 18.8. The number of phenolic OH excluding ortho intramolecular Hbond substituents is 1. The first-order valence-electron chi connectivity index (χ1n) is 13.0. The van der Waals surface area contributed by atoms with E-state index in [4.69, 9.17) is 13.6 Å². The molecule has 0 saturated heterocycles. The lowest BCUT2D eigenvalue weighted by Crippen LogP contribution is -2.66. The third-order valence-electron chi connectivity index (χ3n) is 6.87. The second-order valence-corrected chi connectivity index (χ2v) is 15.1. The van der Waals surface area contributed by atoms with Crippen LogP contribution >= 0.6 is 0 Å². The molecule has 0 atom stereocenters. The Morgan fingerprint density at radius 1 is 1.00 bits per heavy atom. The first-order valence-corrected chi connectivity index (χ1v) is 14.9. The predicted octanol–water partition coefficient (Wildman–Crippen LogP) is 6.05. The molecule has 0 amide bonds. The molecule has 1 N–H and O–H groups in total. The highest BCUT2D eigenvalue weighted by Gasteiger charge is 2.50. The number of rotatable bonds is 10. The van der Waals surface area contributed by atoms with Crippen molar-refractivity contribution in [2.45, 2.75) is 39.2 Å². The van der Waals surface area contributed by atoms with Gasteiger partial charge in [-0.3, -0.25) is 4.79 Å². The van der Waals surface area contributed by atoms with E-state index in [1.165, 1.54) is 16.4 Å². The van der Waals surface area contributed by atoms with Crippen LogP contribution in [-0.2, 0) is 10.8 Å². The fraction of sp³-hybridized carbons (Fsp3) is 0.242. The third kappa shape index (κ3) is 5.63. The van der Waals surface area contributed by atoms with Gasteiger partial charge in [-0.1, -0.05) is 94.1 Å². The van der Waals surface area contributed by atoms with Gasteiger partial charge in [-0.2, -0.15) is 0 Å². The summed E-state index contributed by atoms with van der Waals surface area (Å²) in [4.78, 5) is 12.5. The molecule has 5 nitrogen and oxygen atoms in total. The first-order chi connectivity index (χ1) is 18.6. The maximum absolute atomic E-state index is 12.5. The lowest BCUT2D eigenvalue weighted by Gasteiger charge is -2.43. The Balaban J connectivity index is 1.63. The van der Waals surface area contributed by atoms with Gasteiger partial charge in [-0.15, -0.1) is 6.58 Å². The van der Waals surface area contributed by atoms with E-state index in [9.17, 15) is 9.90 Å². The highest BCUT2D eigenvalue weighted by Crippen LogP contribution is 2.38. The van der Waals surface area contributed by atoms with Crippen molar-refractivity contribution in [3.8, 4) is 11.5 Å². The molecule has 0 spiro atoms. The molecule has 0 saturated carbocycles. The third-order valence-corrected chi connectivity index (χ3v) is 11.9. The van der Waals surface area contributed by atoms with Crippen molar-refractivity contribution < 1.29 is 18.7 Å².